The van der Waals surface area contributed by atoms with E-state index in [9.17, 15) is 18.0 Å². The van der Waals surface area contributed by atoms with Gasteiger partial charge in [-0.2, -0.15) is 13.2 Å². The van der Waals surface area contributed by atoms with Gasteiger partial charge >= 0.3 is 6.18 Å². The summed E-state index contributed by atoms with van der Waals surface area (Å²) in [6.07, 6.45) is -3.73. The Hall–Kier alpha value is -1.19. The van der Waals surface area contributed by atoms with Gasteiger partial charge < -0.3 is 14.4 Å². The second-order valence-electron chi connectivity index (χ2n) is 6.40. The first-order valence-corrected chi connectivity index (χ1v) is 8.85. The van der Waals surface area contributed by atoms with E-state index in [0.29, 0.717) is 26.0 Å². The fourth-order valence-corrected chi connectivity index (χ4v) is 4.69. The van der Waals surface area contributed by atoms with Gasteiger partial charge in [0, 0.05) is 18.1 Å². The van der Waals surface area contributed by atoms with Gasteiger partial charge in [0.2, 0.25) is 5.91 Å². The van der Waals surface area contributed by atoms with Crippen LogP contribution in [0.5, 0.6) is 0 Å². The number of hydrogen-bond donors (Lipinski definition) is 0. The minimum atomic E-state index is -4.42. The maximum atomic E-state index is 13.4. The van der Waals surface area contributed by atoms with Crippen LogP contribution in [-0.4, -0.2) is 53.9 Å². The normalized spacial score (nSPS) is 36.3. The molecular formula is C15H17F3N2O3S. The van der Waals surface area contributed by atoms with Crippen LogP contribution < -0.4 is 0 Å². The number of ether oxygens (including phenoxy) is 2. The van der Waals surface area contributed by atoms with Crippen LogP contribution in [0.3, 0.4) is 0 Å². The molecule has 1 aromatic heterocycles. The number of fused-ring (bicyclic) bond motifs is 2. The van der Waals surface area contributed by atoms with Crippen LogP contribution >= 0.6 is 11.3 Å². The summed E-state index contributed by atoms with van der Waals surface area (Å²) in [6, 6.07) is 0. The lowest BCUT2D eigenvalue weighted by molar-refractivity contribution is -0.200. The van der Waals surface area contributed by atoms with Crippen molar-refractivity contribution < 1.29 is 27.4 Å². The summed E-state index contributed by atoms with van der Waals surface area (Å²) in [6.45, 7) is 0.846. The Balaban J connectivity index is 1.52. The van der Waals surface area contributed by atoms with Crippen molar-refractivity contribution in [3.8, 4) is 0 Å². The van der Waals surface area contributed by atoms with Gasteiger partial charge in [-0.05, 0) is 12.8 Å². The molecule has 0 aliphatic carbocycles. The standard InChI is InChI=1S/C15H17F3N2O3S/c16-15(17,18)12-9-2-1-8(23-9)11(12)14(21)20-4-5-22-10(7-20)13-19-3-6-24-13/h3,6,8-12H,1-2,4-5,7H2. The summed E-state index contributed by atoms with van der Waals surface area (Å²) in [5.41, 5.74) is 0. The number of halogens is 3. The zero-order chi connectivity index (χ0) is 16.9. The molecule has 1 aromatic rings. The van der Waals surface area contributed by atoms with Crippen molar-refractivity contribution in [2.45, 2.75) is 37.3 Å². The van der Waals surface area contributed by atoms with Crippen LogP contribution in [0.15, 0.2) is 11.6 Å². The SMILES string of the molecule is O=C(C1C2CCC(O2)C1C(F)(F)F)N1CCOC(c2nccs2)C1. The first-order valence-electron chi connectivity index (χ1n) is 7.97. The molecule has 3 aliphatic heterocycles. The number of thiazole rings is 1. The molecule has 0 spiro atoms. The Morgan fingerprint density at radius 2 is 2.12 bits per heavy atom. The highest BCUT2D eigenvalue weighted by Gasteiger charge is 2.63. The van der Waals surface area contributed by atoms with Crippen LogP contribution in [0.4, 0.5) is 13.2 Å². The molecule has 2 bridgehead atoms. The van der Waals surface area contributed by atoms with Crippen molar-refractivity contribution in [2.24, 2.45) is 11.8 Å². The maximum absolute atomic E-state index is 13.4. The van der Waals surface area contributed by atoms with Gasteiger partial charge in [0.25, 0.3) is 0 Å². The summed E-state index contributed by atoms with van der Waals surface area (Å²) < 4.78 is 51.3. The van der Waals surface area contributed by atoms with Crippen molar-refractivity contribution in [2.75, 3.05) is 19.7 Å². The van der Waals surface area contributed by atoms with E-state index in [2.05, 4.69) is 4.98 Å². The molecule has 132 valence electrons. The molecule has 3 aliphatic rings. The van der Waals surface area contributed by atoms with Gasteiger partial charge in [0.1, 0.15) is 11.1 Å². The summed E-state index contributed by atoms with van der Waals surface area (Å²) in [7, 11) is 0. The lowest BCUT2D eigenvalue weighted by Crippen LogP contribution is -2.51. The number of hydrogen-bond acceptors (Lipinski definition) is 5. The van der Waals surface area contributed by atoms with Gasteiger partial charge in [0.05, 0.1) is 37.2 Å². The Kier molecular flexibility index (Phi) is 4.04. The van der Waals surface area contributed by atoms with Gasteiger partial charge in [-0.3, -0.25) is 4.79 Å². The maximum Gasteiger partial charge on any atom is 0.395 e. The number of carbonyl (C=O) groups excluding carboxylic acids is 1. The Morgan fingerprint density at radius 3 is 2.83 bits per heavy atom. The first kappa shape index (κ1) is 16.3. The molecule has 4 heterocycles. The second kappa shape index (κ2) is 5.96. The van der Waals surface area contributed by atoms with Crippen molar-refractivity contribution in [3.63, 3.8) is 0 Å². The smallest absolute Gasteiger partial charge is 0.373 e. The van der Waals surface area contributed by atoms with E-state index in [-0.39, 0.29) is 12.6 Å². The molecule has 0 aromatic carbocycles. The minimum absolute atomic E-state index is 0.241. The average molecular weight is 362 g/mol. The lowest BCUT2D eigenvalue weighted by atomic mass is 9.78. The lowest BCUT2D eigenvalue weighted by Gasteiger charge is -2.37. The van der Waals surface area contributed by atoms with Crippen molar-refractivity contribution in [1.29, 1.82) is 0 Å². The molecule has 9 heteroatoms. The summed E-state index contributed by atoms with van der Waals surface area (Å²) in [5, 5.41) is 2.55. The van der Waals surface area contributed by atoms with E-state index < -0.39 is 36.1 Å². The zero-order valence-electron chi connectivity index (χ0n) is 12.7. The van der Waals surface area contributed by atoms with Gasteiger partial charge in [-0.25, -0.2) is 4.98 Å². The van der Waals surface area contributed by atoms with E-state index >= 15 is 0 Å². The summed E-state index contributed by atoms with van der Waals surface area (Å²) in [4.78, 5) is 18.5. The Bertz CT molecular complexity index is 610. The number of rotatable bonds is 2. The van der Waals surface area contributed by atoms with E-state index in [1.54, 1.807) is 6.20 Å². The molecule has 0 N–H and O–H groups in total. The largest absolute Gasteiger partial charge is 0.395 e. The molecule has 5 unspecified atom stereocenters. The van der Waals surface area contributed by atoms with E-state index in [4.69, 9.17) is 9.47 Å². The van der Waals surface area contributed by atoms with Gasteiger partial charge in [-0.15, -0.1) is 11.3 Å². The number of nitrogens with zero attached hydrogens (tertiary/aromatic N) is 2. The summed E-state index contributed by atoms with van der Waals surface area (Å²) in [5.74, 6) is -3.28. The summed E-state index contributed by atoms with van der Waals surface area (Å²) >= 11 is 1.41. The Morgan fingerprint density at radius 1 is 1.33 bits per heavy atom. The highest BCUT2D eigenvalue weighted by Crippen LogP contribution is 2.51. The predicted molar refractivity (Wildman–Crippen MR) is 78.3 cm³/mol. The number of carbonyl (C=O) groups is 1. The van der Waals surface area contributed by atoms with Crippen molar-refractivity contribution in [1.82, 2.24) is 9.88 Å². The second-order valence-corrected chi connectivity index (χ2v) is 7.32. The predicted octanol–water partition coefficient (Wildman–Crippen LogP) is 2.40. The van der Waals surface area contributed by atoms with E-state index in [0.717, 1.165) is 5.01 Å². The molecule has 24 heavy (non-hydrogen) atoms. The molecule has 5 atom stereocenters. The molecule has 1 amide bonds. The molecule has 5 nitrogen and oxygen atoms in total. The van der Waals surface area contributed by atoms with Gasteiger partial charge in [-0.1, -0.05) is 0 Å². The fraction of sp³-hybridized carbons (Fsp3) is 0.733. The third kappa shape index (κ3) is 2.72. The third-order valence-corrected chi connectivity index (χ3v) is 5.91. The third-order valence-electron chi connectivity index (χ3n) is 5.04. The highest BCUT2D eigenvalue weighted by atomic mass is 32.1. The average Bonchev–Trinajstić information content (AvgIpc) is 3.29. The number of amides is 1. The minimum Gasteiger partial charge on any atom is -0.373 e. The Labute approximate surface area is 140 Å². The molecule has 3 saturated heterocycles. The molecular weight excluding hydrogens is 345 g/mol. The number of alkyl halides is 3. The van der Waals surface area contributed by atoms with Crippen LogP contribution in [0, 0.1) is 11.8 Å². The monoisotopic (exact) mass is 362 g/mol. The molecule has 4 rings (SSSR count). The number of aromatic nitrogens is 1. The fourth-order valence-electron chi connectivity index (χ4n) is 4.01. The molecule has 0 saturated carbocycles. The quantitative estimate of drug-likeness (QED) is 0.811. The topological polar surface area (TPSA) is 51.7 Å². The van der Waals surface area contributed by atoms with E-state index in [1.807, 2.05) is 5.38 Å². The van der Waals surface area contributed by atoms with Crippen molar-refractivity contribution >= 4 is 17.2 Å². The van der Waals surface area contributed by atoms with Crippen LogP contribution in [0.1, 0.15) is 24.0 Å². The zero-order valence-corrected chi connectivity index (χ0v) is 13.6. The van der Waals surface area contributed by atoms with Gasteiger partial charge in [0.15, 0.2) is 0 Å². The molecule has 0 radical (unpaired) electrons. The van der Waals surface area contributed by atoms with Crippen LogP contribution in [0.25, 0.3) is 0 Å². The van der Waals surface area contributed by atoms with Crippen molar-refractivity contribution in [3.05, 3.63) is 16.6 Å². The first-order chi connectivity index (χ1) is 11.4. The van der Waals surface area contributed by atoms with E-state index in [1.165, 1.54) is 16.2 Å². The molecule has 3 fully saturated rings. The number of morpholine rings is 1. The van der Waals surface area contributed by atoms with Crippen LogP contribution in [-0.2, 0) is 14.3 Å². The van der Waals surface area contributed by atoms with Crippen LogP contribution in [0.2, 0.25) is 0 Å². The highest BCUT2D eigenvalue weighted by molar-refractivity contribution is 7.09.